The Hall–Kier alpha value is -2.40. The Kier molecular flexibility index (Phi) is 2.86. The molecule has 1 unspecified atom stereocenters. The molecule has 2 N–H and O–H groups in total. The first-order valence-corrected chi connectivity index (χ1v) is 7.26. The van der Waals surface area contributed by atoms with Gasteiger partial charge in [0.2, 0.25) is 5.95 Å². The maximum absolute atomic E-state index is 6.18. The normalized spacial score (nSPS) is 17.7. The van der Waals surface area contributed by atoms with Gasteiger partial charge in [0.15, 0.2) is 0 Å². The molecule has 0 aliphatic heterocycles. The van der Waals surface area contributed by atoms with Crippen LogP contribution < -0.4 is 5.73 Å². The lowest BCUT2D eigenvalue weighted by Crippen LogP contribution is -2.19. The molecule has 0 fully saturated rings. The van der Waals surface area contributed by atoms with Crippen LogP contribution in [0.3, 0.4) is 0 Å². The molecule has 21 heavy (non-hydrogen) atoms. The molecule has 0 saturated heterocycles. The zero-order chi connectivity index (χ0) is 14.2. The molecule has 0 amide bonds. The van der Waals surface area contributed by atoms with Gasteiger partial charge < -0.3 is 5.73 Å². The minimum absolute atomic E-state index is 0.0997. The van der Waals surface area contributed by atoms with E-state index >= 15 is 0 Å². The average Bonchev–Trinajstić information content (AvgIpc) is 3.15. The highest BCUT2D eigenvalue weighted by Crippen LogP contribution is 2.29. The summed E-state index contributed by atoms with van der Waals surface area (Å²) >= 11 is 0. The summed E-state index contributed by atoms with van der Waals surface area (Å²) in [5.41, 5.74) is 9.61. The molecular weight excluding hydrogens is 262 g/mol. The van der Waals surface area contributed by atoms with E-state index in [-0.39, 0.29) is 6.04 Å². The summed E-state index contributed by atoms with van der Waals surface area (Å²) in [6.45, 7) is 0. The quantitative estimate of drug-likeness (QED) is 0.783. The second-order valence-corrected chi connectivity index (χ2v) is 5.39. The predicted octanol–water partition coefficient (Wildman–Crippen LogP) is 2.39. The van der Waals surface area contributed by atoms with Crippen molar-refractivity contribution in [2.45, 2.75) is 25.3 Å². The van der Waals surface area contributed by atoms with Crippen LogP contribution in [0.4, 0.5) is 0 Å². The van der Waals surface area contributed by atoms with Crippen LogP contribution in [-0.4, -0.2) is 19.3 Å². The summed E-state index contributed by atoms with van der Waals surface area (Å²) in [6, 6.07) is 10.3. The molecule has 2 heterocycles. The Morgan fingerprint density at radius 2 is 2.05 bits per heavy atom. The maximum atomic E-state index is 6.18. The van der Waals surface area contributed by atoms with E-state index in [2.05, 4.69) is 22.2 Å². The lowest BCUT2D eigenvalue weighted by Gasteiger charge is -2.19. The van der Waals surface area contributed by atoms with Gasteiger partial charge in [0.25, 0.3) is 0 Å². The van der Waals surface area contributed by atoms with E-state index in [0.29, 0.717) is 0 Å². The summed E-state index contributed by atoms with van der Waals surface area (Å²) in [7, 11) is 0. The van der Waals surface area contributed by atoms with Gasteiger partial charge in [0, 0.05) is 29.7 Å². The van der Waals surface area contributed by atoms with Gasteiger partial charge in [-0.15, -0.1) is 0 Å². The van der Waals surface area contributed by atoms with Crippen molar-refractivity contribution in [3.63, 3.8) is 0 Å². The Balaban J connectivity index is 1.84. The highest BCUT2D eigenvalue weighted by molar-refractivity contribution is 5.38. The molecule has 2 aromatic heterocycles. The SMILES string of the molecule is NC1CCCc2c1cnn2-c1nccn1-c1ccccc1. The van der Waals surface area contributed by atoms with Crippen LogP contribution in [0, 0.1) is 0 Å². The zero-order valence-electron chi connectivity index (χ0n) is 11.7. The summed E-state index contributed by atoms with van der Waals surface area (Å²) in [4.78, 5) is 4.49. The van der Waals surface area contributed by atoms with Crippen molar-refractivity contribution < 1.29 is 0 Å². The number of benzene rings is 1. The molecular formula is C16H17N5. The van der Waals surface area contributed by atoms with E-state index < -0.39 is 0 Å². The minimum Gasteiger partial charge on any atom is -0.324 e. The molecule has 1 aromatic carbocycles. The Morgan fingerprint density at radius 3 is 2.90 bits per heavy atom. The largest absolute Gasteiger partial charge is 0.324 e. The first-order valence-electron chi connectivity index (χ1n) is 7.26. The first kappa shape index (κ1) is 12.3. The highest BCUT2D eigenvalue weighted by Gasteiger charge is 2.23. The second kappa shape index (κ2) is 4.86. The second-order valence-electron chi connectivity index (χ2n) is 5.39. The number of nitrogens with two attached hydrogens (primary N) is 1. The lowest BCUT2D eigenvalue weighted by atomic mass is 9.94. The van der Waals surface area contributed by atoms with Gasteiger partial charge in [0.1, 0.15) is 0 Å². The highest BCUT2D eigenvalue weighted by atomic mass is 15.4. The van der Waals surface area contributed by atoms with Crippen LogP contribution in [0.1, 0.15) is 30.1 Å². The predicted molar refractivity (Wildman–Crippen MR) is 80.6 cm³/mol. The molecule has 0 bridgehead atoms. The van der Waals surface area contributed by atoms with E-state index in [1.807, 2.05) is 39.8 Å². The van der Waals surface area contributed by atoms with Gasteiger partial charge in [0.05, 0.1) is 11.9 Å². The monoisotopic (exact) mass is 279 g/mol. The number of imidazole rings is 1. The average molecular weight is 279 g/mol. The molecule has 1 aliphatic carbocycles. The van der Waals surface area contributed by atoms with Crippen molar-refractivity contribution >= 4 is 0 Å². The van der Waals surface area contributed by atoms with Crippen LogP contribution in [0.15, 0.2) is 48.9 Å². The zero-order valence-corrected chi connectivity index (χ0v) is 11.7. The standard InChI is InChI=1S/C16H17N5/c17-14-7-4-8-15-13(14)11-19-21(15)16-18-9-10-20(16)12-5-2-1-3-6-12/h1-3,5-6,9-11,14H,4,7-8,17H2. The number of aromatic nitrogens is 4. The van der Waals surface area contributed by atoms with Crippen molar-refractivity contribution in [1.29, 1.82) is 0 Å². The fourth-order valence-corrected chi connectivity index (χ4v) is 3.01. The number of para-hydroxylation sites is 1. The summed E-state index contributed by atoms with van der Waals surface area (Å²) in [5.74, 6) is 0.816. The van der Waals surface area contributed by atoms with Crippen molar-refractivity contribution in [3.8, 4) is 11.6 Å². The molecule has 4 rings (SSSR count). The summed E-state index contributed by atoms with van der Waals surface area (Å²) < 4.78 is 3.98. The van der Waals surface area contributed by atoms with Crippen LogP contribution in [0.25, 0.3) is 11.6 Å². The number of nitrogens with zero attached hydrogens (tertiary/aromatic N) is 4. The Morgan fingerprint density at radius 1 is 1.19 bits per heavy atom. The fourth-order valence-electron chi connectivity index (χ4n) is 3.01. The van der Waals surface area contributed by atoms with Gasteiger partial charge in [-0.25, -0.2) is 9.67 Å². The van der Waals surface area contributed by atoms with E-state index in [4.69, 9.17) is 5.73 Å². The molecule has 0 saturated carbocycles. The molecule has 0 radical (unpaired) electrons. The molecule has 5 heteroatoms. The van der Waals surface area contributed by atoms with Gasteiger partial charge in [-0.3, -0.25) is 4.57 Å². The molecule has 1 atom stereocenters. The van der Waals surface area contributed by atoms with E-state index in [9.17, 15) is 0 Å². The van der Waals surface area contributed by atoms with Crippen molar-refractivity contribution in [1.82, 2.24) is 19.3 Å². The third-order valence-corrected chi connectivity index (χ3v) is 4.07. The van der Waals surface area contributed by atoms with Crippen LogP contribution in [0.2, 0.25) is 0 Å². The third-order valence-electron chi connectivity index (χ3n) is 4.07. The lowest BCUT2D eigenvalue weighted by molar-refractivity contribution is 0.554. The van der Waals surface area contributed by atoms with E-state index in [0.717, 1.165) is 36.5 Å². The smallest absolute Gasteiger partial charge is 0.235 e. The van der Waals surface area contributed by atoms with Crippen molar-refractivity contribution in [2.75, 3.05) is 0 Å². The number of fused-ring (bicyclic) bond motifs is 1. The fraction of sp³-hybridized carbons (Fsp3) is 0.250. The van der Waals surface area contributed by atoms with Gasteiger partial charge in [-0.1, -0.05) is 18.2 Å². The van der Waals surface area contributed by atoms with Crippen molar-refractivity contribution in [2.24, 2.45) is 5.73 Å². The van der Waals surface area contributed by atoms with Gasteiger partial charge >= 0.3 is 0 Å². The van der Waals surface area contributed by atoms with Crippen LogP contribution in [-0.2, 0) is 6.42 Å². The molecule has 3 aromatic rings. The number of hydrogen-bond acceptors (Lipinski definition) is 3. The molecule has 0 spiro atoms. The van der Waals surface area contributed by atoms with E-state index in [1.165, 1.54) is 5.69 Å². The van der Waals surface area contributed by atoms with Gasteiger partial charge in [-0.2, -0.15) is 5.10 Å². The maximum Gasteiger partial charge on any atom is 0.235 e. The molecule has 5 nitrogen and oxygen atoms in total. The number of rotatable bonds is 2. The summed E-state index contributed by atoms with van der Waals surface area (Å²) in [6.07, 6.45) is 8.80. The van der Waals surface area contributed by atoms with Gasteiger partial charge in [-0.05, 0) is 31.4 Å². The minimum atomic E-state index is 0.0997. The first-order chi connectivity index (χ1) is 10.3. The molecule has 106 valence electrons. The Bertz CT molecular complexity index is 756. The van der Waals surface area contributed by atoms with Crippen LogP contribution in [0.5, 0.6) is 0 Å². The van der Waals surface area contributed by atoms with Crippen LogP contribution >= 0.6 is 0 Å². The Labute approximate surface area is 123 Å². The topological polar surface area (TPSA) is 61.7 Å². The third kappa shape index (κ3) is 1.97. The van der Waals surface area contributed by atoms with Crippen molar-refractivity contribution in [3.05, 3.63) is 60.2 Å². The van der Waals surface area contributed by atoms with E-state index in [1.54, 1.807) is 6.20 Å². The summed E-state index contributed by atoms with van der Waals surface area (Å²) in [5, 5.41) is 4.53. The number of hydrogen-bond donors (Lipinski definition) is 1. The molecule has 1 aliphatic rings.